The van der Waals surface area contributed by atoms with Gasteiger partial charge in [0, 0.05) is 32.1 Å². The highest BCUT2D eigenvalue weighted by atomic mass is 32.1. The standard InChI is InChI=1S/4C15H30OS.C3H6O2/c4*1-2-3-4-5-6-7-8-9-10-11-12-13-14-15(16)17;1-2-3(4)5/h4*2-14H2,1H3,(H,16,17);2H2,1H3,(H,4,5). The van der Waals surface area contributed by atoms with Gasteiger partial charge in [0.05, 0.1) is 0 Å². The summed E-state index contributed by atoms with van der Waals surface area (Å²) in [6.45, 7) is 10.7. The molecular formula is C63H126O6S4. The van der Waals surface area contributed by atoms with Crippen molar-refractivity contribution in [2.24, 2.45) is 0 Å². The predicted molar refractivity (Wildman–Crippen MR) is 337 cm³/mol. The van der Waals surface area contributed by atoms with Crippen LogP contribution in [0.3, 0.4) is 0 Å². The minimum Gasteiger partial charge on any atom is -0.481 e. The van der Waals surface area contributed by atoms with Crippen molar-refractivity contribution in [1.82, 2.24) is 0 Å². The Kier molecular flexibility index (Phi) is 87.0. The van der Waals surface area contributed by atoms with Crippen molar-refractivity contribution in [2.45, 2.75) is 375 Å². The van der Waals surface area contributed by atoms with Crippen LogP contribution < -0.4 is 0 Å². The molecule has 0 rings (SSSR count). The van der Waals surface area contributed by atoms with Crippen LogP contribution in [0.4, 0.5) is 0 Å². The Morgan fingerprint density at radius 1 is 0.219 bits per heavy atom. The maximum atomic E-state index is 10.6. The van der Waals surface area contributed by atoms with E-state index in [9.17, 15) is 24.0 Å². The van der Waals surface area contributed by atoms with Gasteiger partial charge in [-0.15, -0.1) is 50.5 Å². The molecule has 0 heterocycles. The lowest BCUT2D eigenvalue weighted by atomic mass is 10.0. The summed E-state index contributed by atoms with van der Waals surface area (Å²) in [4.78, 5) is 51.7. The van der Waals surface area contributed by atoms with Gasteiger partial charge in [0.15, 0.2) is 20.5 Å². The molecule has 1 N–H and O–H groups in total. The van der Waals surface area contributed by atoms with Gasteiger partial charge in [0.1, 0.15) is 0 Å². The van der Waals surface area contributed by atoms with Crippen LogP contribution in [0.5, 0.6) is 0 Å². The van der Waals surface area contributed by atoms with Gasteiger partial charge in [-0.3, -0.25) is 24.0 Å². The second-order valence-corrected chi connectivity index (χ2v) is 22.9. The van der Waals surface area contributed by atoms with Crippen molar-refractivity contribution in [3.63, 3.8) is 0 Å². The van der Waals surface area contributed by atoms with E-state index in [0.717, 1.165) is 25.7 Å². The number of carbonyl (C=O) groups excluding carboxylic acids is 4. The summed E-state index contributed by atoms with van der Waals surface area (Å²) >= 11 is 15.1. The zero-order valence-corrected chi connectivity index (χ0v) is 52.8. The molecule has 10 heteroatoms. The summed E-state index contributed by atoms with van der Waals surface area (Å²) in [5.74, 6) is -0.745. The Labute approximate surface area is 478 Å². The molecule has 0 fully saturated rings. The Bertz CT molecular complexity index is 938. The summed E-state index contributed by atoms with van der Waals surface area (Å²) in [6.07, 6.45) is 67.1. The Balaban J connectivity index is -0.000000272. The molecule has 0 aliphatic rings. The molecule has 0 unspecified atom stereocenters. The van der Waals surface area contributed by atoms with E-state index in [0.29, 0.717) is 25.7 Å². The number of carbonyl (C=O) groups is 5. The van der Waals surface area contributed by atoms with Gasteiger partial charge in [-0.1, -0.05) is 317 Å². The van der Waals surface area contributed by atoms with Crippen LogP contribution in [0.15, 0.2) is 0 Å². The average molecular weight is 1110 g/mol. The highest BCUT2D eigenvalue weighted by Gasteiger charge is 2.00. The zero-order chi connectivity index (χ0) is 55.4. The number of unbranched alkanes of at least 4 members (excludes halogenated alkanes) is 44. The van der Waals surface area contributed by atoms with E-state index in [1.165, 1.54) is 283 Å². The van der Waals surface area contributed by atoms with Crippen molar-refractivity contribution in [1.29, 1.82) is 0 Å². The van der Waals surface area contributed by atoms with Crippen LogP contribution in [0, 0.1) is 0 Å². The lowest BCUT2D eigenvalue weighted by Gasteiger charge is -2.02. The molecule has 0 saturated carbocycles. The molecule has 0 aliphatic carbocycles. The minimum absolute atomic E-state index is 0.0390. The molecule has 0 saturated heterocycles. The normalized spacial score (nSPS) is 10.5. The fourth-order valence-corrected chi connectivity index (χ4v) is 9.10. The number of carboxylic acid groups (broad SMARTS) is 1. The maximum Gasteiger partial charge on any atom is 0.303 e. The van der Waals surface area contributed by atoms with Gasteiger partial charge >= 0.3 is 5.97 Å². The summed E-state index contributed by atoms with van der Waals surface area (Å²) in [7, 11) is 0. The molecule has 0 atom stereocenters. The van der Waals surface area contributed by atoms with E-state index in [1.54, 1.807) is 6.92 Å². The minimum atomic E-state index is -0.745. The van der Waals surface area contributed by atoms with E-state index in [1.807, 2.05) is 0 Å². The highest BCUT2D eigenvalue weighted by Crippen LogP contribution is 2.16. The first-order chi connectivity index (χ1) is 35.4. The molecule has 73 heavy (non-hydrogen) atoms. The monoisotopic (exact) mass is 1110 g/mol. The third kappa shape index (κ3) is 104. The van der Waals surface area contributed by atoms with Gasteiger partial charge in [-0.2, -0.15) is 0 Å². The van der Waals surface area contributed by atoms with Crippen molar-refractivity contribution in [3.8, 4) is 0 Å². The molecule has 0 aromatic rings. The van der Waals surface area contributed by atoms with Gasteiger partial charge in [0.25, 0.3) is 0 Å². The smallest absolute Gasteiger partial charge is 0.303 e. The largest absolute Gasteiger partial charge is 0.481 e. The van der Waals surface area contributed by atoms with Crippen molar-refractivity contribution in [2.75, 3.05) is 0 Å². The molecule has 0 radical (unpaired) electrons. The SMILES string of the molecule is CCC(=O)O.CCCCCCCCCCCCCCC(=O)S.CCCCCCCCCCCCCCC(=O)S.CCCCCCCCCCCCCCC(=O)S.CCCCCCCCCCCCCCC(=O)S. The maximum absolute atomic E-state index is 10.6. The van der Waals surface area contributed by atoms with Crippen molar-refractivity contribution < 1.29 is 29.1 Å². The molecule has 0 bridgehead atoms. The van der Waals surface area contributed by atoms with Gasteiger partial charge in [0.2, 0.25) is 0 Å². The lowest BCUT2D eigenvalue weighted by molar-refractivity contribution is -0.136. The number of hydrogen-bond acceptors (Lipinski definition) is 5. The molecule has 0 amide bonds. The van der Waals surface area contributed by atoms with Crippen LogP contribution >= 0.6 is 50.5 Å². The third-order valence-corrected chi connectivity index (χ3v) is 14.2. The van der Waals surface area contributed by atoms with Crippen LogP contribution in [-0.4, -0.2) is 31.5 Å². The van der Waals surface area contributed by atoms with Crippen LogP contribution in [-0.2, 0) is 24.0 Å². The average Bonchev–Trinajstić information content (AvgIpc) is 3.35. The first kappa shape index (κ1) is 81.4. The molecule has 0 aromatic heterocycles. The van der Waals surface area contributed by atoms with Gasteiger partial charge in [-0.05, 0) is 25.7 Å². The van der Waals surface area contributed by atoms with Gasteiger partial charge in [-0.25, -0.2) is 0 Å². The zero-order valence-electron chi connectivity index (χ0n) is 49.3. The fraction of sp³-hybridized carbons (Fsp3) is 0.921. The van der Waals surface area contributed by atoms with Crippen LogP contribution in [0.25, 0.3) is 0 Å². The Morgan fingerprint density at radius 2 is 0.315 bits per heavy atom. The van der Waals surface area contributed by atoms with Crippen molar-refractivity contribution >= 4 is 76.9 Å². The fourth-order valence-electron chi connectivity index (χ4n) is 8.47. The van der Waals surface area contributed by atoms with Gasteiger partial charge < -0.3 is 5.11 Å². The number of hydrogen-bond donors (Lipinski definition) is 5. The molecule has 438 valence electrons. The molecular weight excluding hydrogens is 981 g/mol. The first-order valence-electron chi connectivity index (χ1n) is 31.4. The Morgan fingerprint density at radius 3 is 0.397 bits per heavy atom. The second kappa shape index (κ2) is 78.0. The van der Waals surface area contributed by atoms with Crippen molar-refractivity contribution in [3.05, 3.63) is 0 Å². The molecule has 0 aliphatic heterocycles. The number of thiol groups is 4. The molecule has 0 spiro atoms. The van der Waals surface area contributed by atoms with E-state index >= 15 is 0 Å². The third-order valence-electron chi connectivity index (χ3n) is 13.3. The van der Waals surface area contributed by atoms with E-state index < -0.39 is 5.97 Å². The summed E-state index contributed by atoms with van der Waals surface area (Å²) in [6, 6.07) is 0. The highest BCUT2D eigenvalue weighted by molar-refractivity contribution is 7.97. The quantitative estimate of drug-likeness (QED) is 0.0307. The molecule has 6 nitrogen and oxygen atoms in total. The van der Waals surface area contributed by atoms with E-state index in [4.69, 9.17) is 5.11 Å². The summed E-state index contributed by atoms with van der Waals surface area (Å²) in [5, 5.41) is 7.88. The summed E-state index contributed by atoms with van der Waals surface area (Å²) < 4.78 is 0. The lowest BCUT2D eigenvalue weighted by Crippen LogP contribution is -1.86. The van der Waals surface area contributed by atoms with E-state index in [2.05, 4.69) is 78.2 Å². The predicted octanol–water partition coefficient (Wildman–Crippen LogP) is 22.6. The number of carboxylic acids is 1. The Hall–Kier alpha value is -0.450. The second-order valence-electron chi connectivity index (χ2n) is 20.9. The van der Waals surface area contributed by atoms with E-state index in [-0.39, 0.29) is 26.9 Å². The number of aliphatic carboxylic acids is 1. The topological polar surface area (TPSA) is 106 Å². The summed E-state index contributed by atoms with van der Waals surface area (Å²) in [5.41, 5.74) is 0. The number of rotatable bonds is 53. The molecule has 0 aromatic carbocycles. The first-order valence-corrected chi connectivity index (χ1v) is 33.2. The van der Waals surface area contributed by atoms with Crippen LogP contribution in [0.2, 0.25) is 0 Å². The van der Waals surface area contributed by atoms with Crippen LogP contribution in [0.1, 0.15) is 375 Å².